The van der Waals surface area contributed by atoms with Crippen LogP contribution in [0.2, 0.25) is 0 Å². The smallest absolute Gasteiger partial charge is 0.133 e. The Morgan fingerprint density at radius 3 is 2.42 bits per heavy atom. The molecule has 0 N–H and O–H groups in total. The molecule has 0 saturated heterocycles. The van der Waals surface area contributed by atoms with Crippen LogP contribution in [0.1, 0.15) is 0 Å². The van der Waals surface area contributed by atoms with Crippen LogP contribution in [-0.2, 0) is 0 Å². The molecular weight excluding hydrogens is 243 g/mol. The molecule has 0 aliphatic rings. The summed E-state index contributed by atoms with van der Waals surface area (Å²) in [5, 5.41) is 0. The average Bonchev–Trinajstić information content (AvgIpc) is 2.96. The van der Waals surface area contributed by atoms with E-state index in [-0.39, 0.29) is 5.82 Å². The van der Waals surface area contributed by atoms with Crippen LogP contribution in [-0.4, -0.2) is 0 Å². The molecule has 0 fully saturated rings. The van der Waals surface area contributed by atoms with E-state index in [2.05, 4.69) is 0 Å². The average molecular weight is 254 g/mol. The number of furan rings is 1. The lowest BCUT2D eigenvalue weighted by atomic mass is 10.1. The van der Waals surface area contributed by atoms with Crippen molar-refractivity contribution >= 4 is 0 Å². The maximum Gasteiger partial charge on any atom is 0.133 e. The minimum Gasteiger partial charge on any atom is -0.464 e. The predicted molar refractivity (Wildman–Crippen MR) is 70.6 cm³/mol. The van der Waals surface area contributed by atoms with E-state index in [1.54, 1.807) is 18.4 Å². The van der Waals surface area contributed by atoms with Crippen molar-refractivity contribution in [1.82, 2.24) is 0 Å². The summed E-state index contributed by atoms with van der Waals surface area (Å²) in [5.74, 6) is 1.78. The fraction of sp³-hybridized carbons (Fsp3) is 0. The van der Waals surface area contributed by atoms with Gasteiger partial charge < -0.3 is 9.15 Å². The van der Waals surface area contributed by atoms with Crippen molar-refractivity contribution in [3.05, 3.63) is 72.7 Å². The molecule has 0 atom stereocenters. The monoisotopic (exact) mass is 254 g/mol. The first kappa shape index (κ1) is 11.5. The summed E-state index contributed by atoms with van der Waals surface area (Å²) in [6, 6.07) is 17.2. The summed E-state index contributed by atoms with van der Waals surface area (Å²) in [4.78, 5) is 0. The van der Waals surface area contributed by atoms with Gasteiger partial charge in [-0.1, -0.05) is 12.1 Å². The Bertz CT molecular complexity index is 657. The maximum absolute atomic E-state index is 12.8. The quantitative estimate of drug-likeness (QED) is 0.664. The molecule has 2 aromatic carbocycles. The van der Waals surface area contributed by atoms with E-state index in [0.717, 1.165) is 11.3 Å². The Morgan fingerprint density at radius 1 is 0.842 bits per heavy atom. The molecule has 1 heterocycles. The summed E-state index contributed by atoms with van der Waals surface area (Å²) >= 11 is 0. The molecular formula is C16H11FO2. The van der Waals surface area contributed by atoms with Crippen LogP contribution >= 0.6 is 0 Å². The number of ether oxygens (including phenoxy) is 1. The van der Waals surface area contributed by atoms with Crippen LogP contribution in [0.4, 0.5) is 4.39 Å². The van der Waals surface area contributed by atoms with E-state index in [0.29, 0.717) is 11.5 Å². The second kappa shape index (κ2) is 4.98. The van der Waals surface area contributed by atoms with Crippen molar-refractivity contribution in [1.29, 1.82) is 0 Å². The summed E-state index contributed by atoms with van der Waals surface area (Å²) in [6.45, 7) is 0. The molecule has 19 heavy (non-hydrogen) atoms. The summed E-state index contributed by atoms with van der Waals surface area (Å²) in [5.41, 5.74) is 0.935. The van der Waals surface area contributed by atoms with E-state index in [1.165, 1.54) is 12.1 Å². The van der Waals surface area contributed by atoms with Crippen molar-refractivity contribution in [3.63, 3.8) is 0 Å². The van der Waals surface area contributed by atoms with Gasteiger partial charge >= 0.3 is 0 Å². The molecule has 0 saturated carbocycles. The normalized spacial score (nSPS) is 10.4. The van der Waals surface area contributed by atoms with Gasteiger partial charge in [0, 0.05) is 5.56 Å². The molecule has 1 aromatic heterocycles. The fourth-order valence-corrected chi connectivity index (χ4v) is 1.79. The SMILES string of the molecule is Fc1ccc(Oc2cccc(-c3ccco3)c2)cc1. The highest BCUT2D eigenvalue weighted by molar-refractivity contribution is 5.59. The summed E-state index contributed by atoms with van der Waals surface area (Å²) in [7, 11) is 0. The van der Waals surface area contributed by atoms with Crippen molar-refractivity contribution in [2.24, 2.45) is 0 Å². The van der Waals surface area contributed by atoms with Gasteiger partial charge in [0.15, 0.2) is 0 Å². The minimum absolute atomic E-state index is 0.281. The lowest BCUT2D eigenvalue weighted by Crippen LogP contribution is -1.85. The van der Waals surface area contributed by atoms with E-state index >= 15 is 0 Å². The van der Waals surface area contributed by atoms with Crippen molar-refractivity contribution in [2.45, 2.75) is 0 Å². The fourth-order valence-electron chi connectivity index (χ4n) is 1.79. The Kier molecular flexibility index (Phi) is 3.02. The van der Waals surface area contributed by atoms with Gasteiger partial charge in [0.1, 0.15) is 23.1 Å². The maximum atomic E-state index is 12.8. The van der Waals surface area contributed by atoms with Gasteiger partial charge in [0.05, 0.1) is 6.26 Å². The highest BCUT2D eigenvalue weighted by atomic mass is 19.1. The van der Waals surface area contributed by atoms with Crippen LogP contribution in [0.3, 0.4) is 0 Å². The lowest BCUT2D eigenvalue weighted by molar-refractivity contribution is 0.480. The number of hydrogen-bond donors (Lipinski definition) is 0. The number of benzene rings is 2. The van der Waals surface area contributed by atoms with E-state index < -0.39 is 0 Å². The third-order valence-electron chi connectivity index (χ3n) is 2.69. The van der Waals surface area contributed by atoms with Gasteiger partial charge in [-0.15, -0.1) is 0 Å². The first-order valence-corrected chi connectivity index (χ1v) is 5.89. The van der Waals surface area contributed by atoms with Gasteiger partial charge in [0.25, 0.3) is 0 Å². The summed E-state index contributed by atoms with van der Waals surface area (Å²) < 4.78 is 23.8. The molecule has 0 radical (unpaired) electrons. The topological polar surface area (TPSA) is 22.4 Å². The Hall–Kier alpha value is -2.55. The first-order chi connectivity index (χ1) is 9.31. The Balaban J connectivity index is 1.85. The molecule has 0 aliphatic heterocycles. The number of hydrogen-bond acceptors (Lipinski definition) is 2. The van der Waals surface area contributed by atoms with Crippen LogP contribution in [0.5, 0.6) is 11.5 Å². The zero-order chi connectivity index (χ0) is 13.1. The van der Waals surface area contributed by atoms with Gasteiger partial charge in [0.2, 0.25) is 0 Å². The highest BCUT2D eigenvalue weighted by Crippen LogP contribution is 2.27. The van der Waals surface area contributed by atoms with E-state index in [1.807, 2.05) is 36.4 Å². The molecule has 0 unspecified atom stereocenters. The Morgan fingerprint density at radius 2 is 1.68 bits per heavy atom. The molecule has 0 spiro atoms. The van der Waals surface area contributed by atoms with Gasteiger partial charge in [-0.2, -0.15) is 0 Å². The zero-order valence-corrected chi connectivity index (χ0v) is 10.0. The zero-order valence-electron chi connectivity index (χ0n) is 10.0. The van der Waals surface area contributed by atoms with Gasteiger partial charge in [-0.3, -0.25) is 0 Å². The van der Waals surface area contributed by atoms with Gasteiger partial charge in [-0.25, -0.2) is 4.39 Å². The molecule has 3 aromatic rings. The van der Waals surface area contributed by atoms with Crippen molar-refractivity contribution < 1.29 is 13.5 Å². The minimum atomic E-state index is -0.281. The van der Waals surface area contributed by atoms with Crippen molar-refractivity contribution in [3.8, 4) is 22.8 Å². The molecule has 0 amide bonds. The second-order valence-electron chi connectivity index (χ2n) is 4.06. The van der Waals surface area contributed by atoms with E-state index in [9.17, 15) is 4.39 Å². The van der Waals surface area contributed by atoms with Crippen LogP contribution in [0, 0.1) is 5.82 Å². The van der Waals surface area contributed by atoms with Crippen molar-refractivity contribution in [2.75, 3.05) is 0 Å². The molecule has 3 rings (SSSR count). The Labute approximate surface area is 110 Å². The number of halogens is 1. The van der Waals surface area contributed by atoms with Crippen LogP contribution in [0.15, 0.2) is 71.3 Å². The van der Waals surface area contributed by atoms with Crippen LogP contribution < -0.4 is 4.74 Å². The third kappa shape index (κ3) is 2.65. The largest absolute Gasteiger partial charge is 0.464 e. The molecule has 0 aliphatic carbocycles. The molecule has 2 nitrogen and oxygen atoms in total. The molecule has 0 bridgehead atoms. The standard InChI is InChI=1S/C16H11FO2/c17-13-6-8-14(9-7-13)19-15-4-1-3-12(11-15)16-5-2-10-18-16/h1-11H. The second-order valence-corrected chi connectivity index (χ2v) is 4.06. The van der Waals surface area contributed by atoms with Gasteiger partial charge in [-0.05, 0) is 48.5 Å². The summed E-state index contributed by atoms with van der Waals surface area (Å²) in [6.07, 6.45) is 1.63. The third-order valence-corrected chi connectivity index (χ3v) is 2.69. The molecule has 94 valence electrons. The first-order valence-electron chi connectivity index (χ1n) is 5.89. The lowest BCUT2D eigenvalue weighted by Gasteiger charge is -2.06. The van der Waals surface area contributed by atoms with Crippen LogP contribution in [0.25, 0.3) is 11.3 Å². The number of rotatable bonds is 3. The predicted octanol–water partition coefficient (Wildman–Crippen LogP) is 4.88. The van der Waals surface area contributed by atoms with E-state index in [4.69, 9.17) is 9.15 Å². The molecule has 3 heteroatoms. The highest BCUT2D eigenvalue weighted by Gasteiger charge is 2.03.